The fourth-order valence-corrected chi connectivity index (χ4v) is 5.05. The van der Waals surface area contributed by atoms with Crippen molar-refractivity contribution >= 4 is 61.0 Å². The average Bonchev–Trinajstić information content (AvgIpc) is 3.24. The highest BCUT2D eigenvalue weighted by Crippen LogP contribution is 2.31. The Morgan fingerprint density at radius 1 is 1.26 bits per heavy atom. The molecule has 13 heteroatoms. The van der Waals surface area contributed by atoms with Gasteiger partial charge in [0.2, 0.25) is 0 Å². The number of hydrogen-bond donors (Lipinski definition) is 3. The highest BCUT2D eigenvalue weighted by atomic mass is 79.9. The molecule has 2 bridgehead atoms. The summed E-state index contributed by atoms with van der Waals surface area (Å²) >= 11 is 4.92. The lowest BCUT2D eigenvalue weighted by molar-refractivity contribution is -0.192. The topological polar surface area (TPSA) is 107 Å². The second-order valence-electron chi connectivity index (χ2n) is 7.76. The van der Waals surface area contributed by atoms with Crippen LogP contribution in [0.1, 0.15) is 23.2 Å². The molecular weight excluding hydrogens is 539 g/mol. The SMILES string of the molecule is O=C(Nc1ccccc1Br)c1csc2ncc(N3C[C@H]4CC[C@@H]3CN4)nc12.O=C(O)C(F)(F)F. The Morgan fingerprint density at radius 3 is 2.59 bits per heavy atom. The normalized spacial score (nSPS) is 19.5. The van der Waals surface area contributed by atoms with Crippen LogP contribution in [0.25, 0.3) is 10.3 Å². The van der Waals surface area contributed by atoms with E-state index in [2.05, 4.69) is 36.4 Å². The number of aliphatic carboxylic acids is 1. The van der Waals surface area contributed by atoms with E-state index in [-0.39, 0.29) is 5.91 Å². The summed E-state index contributed by atoms with van der Waals surface area (Å²) in [7, 11) is 0. The van der Waals surface area contributed by atoms with E-state index in [0.717, 1.165) is 33.9 Å². The zero-order chi connectivity index (χ0) is 24.5. The van der Waals surface area contributed by atoms with Gasteiger partial charge in [0.1, 0.15) is 16.2 Å². The minimum absolute atomic E-state index is 0.165. The molecule has 5 heterocycles. The van der Waals surface area contributed by atoms with Crippen LogP contribution in [0.2, 0.25) is 0 Å². The lowest BCUT2D eigenvalue weighted by Crippen LogP contribution is -2.61. The van der Waals surface area contributed by atoms with E-state index in [4.69, 9.17) is 14.9 Å². The number of hydrogen-bond acceptors (Lipinski definition) is 7. The lowest BCUT2D eigenvalue weighted by atomic mass is 9.93. The van der Waals surface area contributed by atoms with Crippen molar-refractivity contribution in [3.63, 3.8) is 0 Å². The van der Waals surface area contributed by atoms with Gasteiger partial charge in [0, 0.05) is 35.0 Å². The first kappa shape index (κ1) is 24.4. The van der Waals surface area contributed by atoms with Crippen molar-refractivity contribution in [1.82, 2.24) is 15.3 Å². The Kier molecular flexibility index (Phi) is 7.05. The maximum absolute atomic E-state index is 12.8. The molecule has 180 valence electrons. The largest absolute Gasteiger partial charge is 0.490 e. The number of anilines is 2. The first-order chi connectivity index (χ1) is 16.1. The Labute approximate surface area is 204 Å². The van der Waals surface area contributed by atoms with E-state index < -0.39 is 12.1 Å². The summed E-state index contributed by atoms with van der Waals surface area (Å²) in [4.78, 5) is 34.3. The highest BCUT2D eigenvalue weighted by Gasteiger charge is 2.38. The van der Waals surface area contributed by atoms with Crippen LogP contribution in [0, 0.1) is 0 Å². The number of benzene rings is 1. The minimum Gasteiger partial charge on any atom is -0.475 e. The predicted molar refractivity (Wildman–Crippen MR) is 125 cm³/mol. The van der Waals surface area contributed by atoms with Crippen molar-refractivity contribution < 1.29 is 27.9 Å². The van der Waals surface area contributed by atoms with Gasteiger partial charge in [0.15, 0.2) is 0 Å². The third-order valence-corrected chi connectivity index (χ3v) is 7.09. The predicted octanol–water partition coefficient (Wildman–Crippen LogP) is 4.28. The number of rotatable bonds is 3. The molecule has 0 radical (unpaired) electrons. The molecule has 1 amide bonds. The van der Waals surface area contributed by atoms with E-state index in [1.54, 1.807) is 0 Å². The molecule has 0 spiro atoms. The smallest absolute Gasteiger partial charge is 0.475 e. The number of para-hydroxylation sites is 1. The zero-order valence-corrected chi connectivity index (χ0v) is 19.9. The fraction of sp³-hybridized carbons (Fsp3) is 0.333. The van der Waals surface area contributed by atoms with Gasteiger partial charge in [-0.3, -0.25) is 4.79 Å². The van der Waals surface area contributed by atoms with Crippen LogP contribution in [0.3, 0.4) is 0 Å². The molecule has 3 aromatic rings. The molecule has 3 aliphatic heterocycles. The van der Waals surface area contributed by atoms with Crippen LogP contribution in [0.4, 0.5) is 24.7 Å². The number of halogens is 4. The number of nitrogens with one attached hydrogen (secondary N) is 2. The van der Waals surface area contributed by atoms with Crippen molar-refractivity contribution in [2.45, 2.75) is 31.1 Å². The molecule has 34 heavy (non-hydrogen) atoms. The number of carbonyl (C=O) groups is 2. The molecule has 2 aromatic heterocycles. The summed E-state index contributed by atoms with van der Waals surface area (Å²) < 4.78 is 32.6. The van der Waals surface area contributed by atoms with Gasteiger partial charge in [-0.2, -0.15) is 13.2 Å². The molecule has 3 saturated heterocycles. The first-order valence-electron chi connectivity index (χ1n) is 10.2. The zero-order valence-electron chi connectivity index (χ0n) is 17.5. The van der Waals surface area contributed by atoms with Crippen LogP contribution in [0.5, 0.6) is 0 Å². The van der Waals surface area contributed by atoms with Gasteiger partial charge in [0.05, 0.1) is 17.4 Å². The molecule has 3 aliphatic rings. The van der Waals surface area contributed by atoms with Crippen LogP contribution < -0.4 is 15.5 Å². The van der Waals surface area contributed by atoms with Gasteiger partial charge in [-0.05, 0) is 40.9 Å². The van der Waals surface area contributed by atoms with Crippen LogP contribution >= 0.6 is 27.3 Å². The number of amides is 1. The molecule has 1 aromatic carbocycles. The van der Waals surface area contributed by atoms with Gasteiger partial charge >= 0.3 is 12.1 Å². The maximum atomic E-state index is 12.8. The number of carboxylic acids is 1. The minimum atomic E-state index is -5.08. The molecule has 3 fully saturated rings. The number of thiophene rings is 1. The second kappa shape index (κ2) is 9.84. The summed E-state index contributed by atoms with van der Waals surface area (Å²) in [5.74, 6) is -2.05. The summed E-state index contributed by atoms with van der Waals surface area (Å²) in [5, 5.41) is 15.5. The summed E-state index contributed by atoms with van der Waals surface area (Å²) in [5.41, 5.74) is 1.99. The van der Waals surface area contributed by atoms with E-state index in [9.17, 15) is 18.0 Å². The van der Waals surface area contributed by atoms with Crippen LogP contribution in [-0.4, -0.2) is 58.3 Å². The third kappa shape index (κ3) is 5.31. The number of carboxylic acid groups (broad SMARTS) is 1. The number of carbonyl (C=O) groups excluding carboxylic acids is 1. The molecule has 6 rings (SSSR count). The molecule has 0 unspecified atom stereocenters. The van der Waals surface area contributed by atoms with Gasteiger partial charge in [-0.1, -0.05) is 12.1 Å². The average molecular weight is 558 g/mol. The van der Waals surface area contributed by atoms with Gasteiger partial charge in [0.25, 0.3) is 5.91 Å². The Bertz CT molecular complexity index is 1210. The number of nitrogens with zero attached hydrogens (tertiary/aromatic N) is 3. The number of alkyl halides is 3. The summed E-state index contributed by atoms with van der Waals surface area (Å²) in [6.45, 7) is 1.94. The molecule has 0 aliphatic carbocycles. The molecule has 0 saturated carbocycles. The molecule has 3 N–H and O–H groups in total. The van der Waals surface area contributed by atoms with E-state index in [0.29, 0.717) is 23.2 Å². The highest BCUT2D eigenvalue weighted by molar-refractivity contribution is 9.10. The van der Waals surface area contributed by atoms with Gasteiger partial charge in [-0.15, -0.1) is 11.3 Å². The number of piperazine rings is 1. The van der Waals surface area contributed by atoms with Crippen molar-refractivity contribution in [1.29, 1.82) is 0 Å². The fourth-order valence-electron chi connectivity index (χ4n) is 3.84. The Hall–Kier alpha value is -2.77. The number of fused-ring (bicyclic) bond motifs is 4. The van der Waals surface area contributed by atoms with E-state index in [1.165, 1.54) is 24.2 Å². The summed E-state index contributed by atoms with van der Waals surface area (Å²) in [6.07, 6.45) is -0.847. The van der Waals surface area contributed by atoms with Crippen molar-refractivity contribution in [3.8, 4) is 0 Å². The second-order valence-corrected chi connectivity index (χ2v) is 9.47. The molecule has 2 atom stereocenters. The first-order valence-corrected chi connectivity index (χ1v) is 11.9. The standard InChI is InChI=1S/C19H18BrN5OS.C2HF3O2/c20-14-3-1-2-4-15(14)23-18(26)13-10-27-19-17(13)24-16(8-22-19)25-9-11-5-6-12(25)7-21-11;3-2(4,5)1(6)7/h1-4,8,10-12,21H,5-7,9H2,(H,23,26);(H,6,7)/t11-,12-;/m1./s1. The van der Waals surface area contributed by atoms with Crippen molar-refractivity contribution in [3.05, 3.63) is 45.9 Å². The number of aromatic nitrogens is 2. The summed E-state index contributed by atoms with van der Waals surface area (Å²) in [6, 6.07) is 8.55. The monoisotopic (exact) mass is 557 g/mol. The van der Waals surface area contributed by atoms with Crippen LogP contribution in [-0.2, 0) is 4.79 Å². The van der Waals surface area contributed by atoms with Gasteiger partial charge in [-0.25, -0.2) is 14.8 Å². The van der Waals surface area contributed by atoms with Crippen LogP contribution in [0.15, 0.2) is 40.3 Å². The van der Waals surface area contributed by atoms with Gasteiger partial charge < -0.3 is 20.6 Å². The Balaban J connectivity index is 0.000000344. The van der Waals surface area contributed by atoms with E-state index in [1.807, 2.05) is 35.8 Å². The third-order valence-electron chi connectivity index (χ3n) is 5.52. The molecule has 8 nitrogen and oxygen atoms in total. The van der Waals surface area contributed by atoms with Crippen molar-refractivity contribution in [2.75, 3.05) is 23.3 Å². The lowest BCUT2D eigenvalue weighted by Gasteiger charge is -2.46. The van der Waals surface area contributed by atoms with E-state index >= 15 is 0 Å². The number of piperidine rings is 2. The quantitative estimate of drug-likeness (QED) is 0.441. The van der Waals surface area contributed by atoms with Crippen molar-refractivity contribution in [2.24, 2.45) is 0 Å². The Morgan fingerprint density at radius 2 is 2.00 bits per heavy atom. The molecular formula is C21H19BrF3N5O3S. The maximum Gasteiger partial charge on any atom is 0.490 e.